The Hall–Kier alpha value is -3.16. The molecule has 0 aliphatic carbocycles. The van der Waals surface area contributed by atoms with Crippen molar-refractivity contribution in [3.63, 3.8) is 0 Å². The van der Waals surface area contributed by atoms with Crippen LogP contribution in [0.4, 0.5) is 13.2 Å². The number of hydrogen-bond acceptors (Lipinski definition) is 5. The Balaban J connectivity index is 2.12. The highest BCUT2D eigenvalue weighted by Crippen LogP contribution is 2.37. The van der Waals surface area contributed by atoms with E-state index in [2.05, 4.69) is 4.99 Å². The van der Waals surface area contributed by atoms with E-state index in [0.717, 1.165) is 24.3 Å². The van der Waals surface area contributed by atoms with Crippen LogP contribution in [0.25, 0.3) is 0 Å². The second-order valence-corrected chi connectivity index (χ2v) is 5.68. The van der Waals surface area contributed by atoms with Crippen molar-refractivity contribution in [2.24, 2.45) is 4.99 Å². The quantitative estimate of drug-likeness (QED) is 0.605. The number of esters is 2. The summed E-state index contributed by atoms with van der Waals surface area (Å²) >= 11 is 0. The van der Waals surface area contributed by atoms with E-state index in [-0.39, 0.29) is 18.1 Å². The predicted molar refractivity (Wildman–Crippen MR) is 88.8 cm³/mol. The number of alkyl halides is 3. The van der Waals surface area contributed by atoms with Crippen molar-refractivity contribution in [1.82, 2.24) is 0 Å². The number of ether oxygens (including phenoxy) is 2. The van der Waals surface area contributed by atoms with E-state index in [9.17, 15) is 22.8 Å². The Morgan fingerprint density at radius 3 is 2.30 bits per heavy atom. The smallest absolute Gasteiger partial charge is 0.416 e. The van der Waals surface area contributed by atoms with Gasteiger partial charge in [0, 0.05) is 11.1 Å². The lowest BCUT2D eigenvalue weighted by molar-refractivity contribution is -0.158. The van der Waals surface area contributed by atoms with Crippen LogP contribution in [0.2, 0.25) is 0 Å². The van der Waals surface area contributed by atoms with Gasteiger partial charge in [-0.1, -0.05) is 30.3 Å². The summed E-state index contributed by atoms with van der Waals surface area (Å²) in [5.74, 6) is -2.14. The lowest BCUT2D eigenvalue weighted by Gasteiger charge is -2.20. The summed E-state index contributed by atoms with van der Waals surface area (Å²) in [4.78, 5) is 29.3. The lowest BCUT2D eigenvalue weighted by atomic mass is 9.90. The molecule has 1 atom stereocenters. The summed E-state index contributed by atoms with van der Waals surface area (Å²) in [6.07, 6.45) is -4.55. The van der Waals surface area contributed by atoms with E-state index in [0.29, 0.717) is 5.56 Å². The maximum Gasteiger partial charge on any atom is 0.416 e. The Labute approximate surface area is 152 Å². The summed E-state index contributed by atoms with van der Waals surface area (Å²) in [5, 5.41) is 0. The topological polar surface area (TPSA) is 65.0 Å². The van der Waals surface area contributed by atoms with Gasteiger partial charge in [0.15, 0.2) is 0 Å². The van der Waals surface area contributed by atoms with Gasteiger partial charge in [0.25, 0.3) is 5.54 Å². The molecule has 8 heteroatoms. The van der Waals surface area contributed by atoms with Crippen LogP contribution in [-0.4, -0.2) is 24.4 Å². The maximum absolute atomic E-state index is 12.8. The van der Waals surface area contributed by atoms with E-state index in [1.807, 2.05) is 0 Å². The summed E-state index contributed by atoms with van der Waals surface area (Å²) in [5.41, 5.74) is -2.73. The fourth-order valence-electron chi connectivity index (χ4n) is 2.65. The zero-order chi connectivity index (χ0) is 19.7. The minimum atomic E-state index is -4.55. The fraction of sp³-hybridized carbons (Fsp3) is 0.211. The number of carbonyl (C=O) groups excluding carboxylic acids is 2. The molecule has 0 N–H and O–H groups in total. The number of hydrogen-bond donors (Lipinski definition) is 0. The molecule has 27 heavy (non-hydrogen) atoms. The number of aliphatic imine (C=N–C) groups is 1. The highest BCUT2D eigenvalue weighted by Gasteiger charge is 2.56. The molecule has 140 valence electrons. The SMILES string of the molecule is CCOC(=O)C1(c2ccc(C(F)(F)F)cc2)N=C(c2ccccc2)OC1=O. The first-order chi connectivity index (χ1) is 12.8. The van der Waals surface area contributed by atoms with Gasteiger partial charge in [-0.05, 0) is 31.2 Å². The molecule has 2 aromatic rings. The molecular weight excluding hydrogens is 363 g/mol. The van der Waals surface area contributed by atoms with Gasteiger partial charge < -0.3 is 9.47 Å². The highest BCUT2D eigenvalue weighted by atomic mass is 19.4. The van der Waals surface area contributed by atoms with Crippen LogP contribution in [0.3, 0.4) is 0 Å². The molecule has 2 aromatic carbocycles. The average molecular weight is 377 g/mol. The third kappa shape index (κ3) is 3.30. The van der Waals surface area contributed by atoms with Crippen LogP contribution < -0.4 is 0 Å². The fourth-order valence-corrected chi connectivity index (χ4v) is 2.65. The van der Waals surface area contributed by atoms with Gasteiger partial charge in [-0.15, -0.1) is 0 Å². The Bertz CT molecular complexity index is 891. The molecule has 1 unspecified atom stereocenters. The molecule has 0 fully saturated rings. The first-order valence-corrected chi connectivity index (χ1v) is 8.01. The molecule has 1 aliphatic heterocycles. The molecule has 0 bridgehead atoms. The van der Waals surface area contributed by atoms with Crippen molar-refractivity contribution in [3.8, 4) is 0 Å². The number of cyclic esters (lactones) is 1. The first kappa shape index (κ1) is 18.6. The maximum atomic E-state index is 12.8. The molecule has 5 nitrogen and oxygen atoms in total. The minimum Gasteiger partial charge on any atom is -0.463 e. The third-order valence-electron chi connectivity index (χ3n) is 3.98. The van der Waals surface area contributed by atoms with Crippen LogP contribution in [0.5, 0.6) is 0 Å². The van der Waals surface area contributed by atoms with E-state index in [1.165, 1.54) is 0 Å². The summed E-state index contributed by atoms with van der Waals surface area (Å²) in [6, 6.07) is 12.0. The molecule has 0 spiro atoms. The Morgan fingerprint density at radius 1 is 1.11 bits per heavy atom. The Morgan fingerprint density at radius 2 is 1.74 bits per heavy atom. The van der Waals surface area contributed by atoms with Crippen LogP contribution >= 0.6 is 0 Å². The number of benzene rings is 2. The third-order valence-corrected chi connectivity index (χ3v) is 3.98. The zero-order valence-corrected chi connectivity index (χ0v) is 14.1. The van der Waals surface area contributed by atoms with Gasteiger partial charge in [0.05, 0.1) is 12.2 Å². The van der Waals surface area contributed by atoms with Gasteiger partial charge in [-0.3, -0.25) is 0 Å². The summed E-state index contributed by atoms with van der Waals surface area (Å²) in [7, 11) is 0. The molecular formula is C19H14F3NO4. The zero-order valence-electron chi connectivity index (χ0n) is 14.1. The van der Waals surface area contributed by atoms with Crippen molar-refractivity contribution in [2.75, 3.05) is 6.61 Å². The number of nitrogens with zero attached hydrogens (tertiary/aromatic N) is 1. The van der Waals surface area contributed by atoms with Gasteiger partial charge in [-0.25, -0.2) is 14.6 Å². The van der Waals surface area contributed by atoms with Crippen LogP contribution in [-0.2, 0) is 30.8 Å². The number of carbonyl (C=O) groups is 2. The second kappa shape index (κ2) is 6.86. The van der Waals surface area contributed by atoms with Crippen molar-refractivity contribution in [1.29, 1.82) is 0 Å². The monoisotopic (exact) mass is 377 g/mol. The van der Waals surface area contributed by atoms with E-state index >= 15 is 0 Å². The largest absolute Gasteiger partial charge is 0.463 e. The van der Waals surface area contributed by atoms with Gasteiger partial charge >= 0.3 is 18.1 Å². The minimum absolute atomic E-state index is 0.0370. The highest BCUT2D eigenvalue weighted by molar-refractivity contribution is 6.17. The normalized spacial score (nSPS) is 19.4. The average Bonchev–Trinajstić information content (AvgIpc) is 3.00. The van der Waals surface area contributed by atoms with Crippen LogP contribution in [0.1, 0.15) is 23.6 Å². The van der Waals surface area contributed by atoms with Gasteiger partial charge in [-0.2, -0.15) is 13.2 Å². The first-order valence-electron chi connectivity index (χ1n) is 8.01. The van der Waals surface area contributed by atoms with Gasteiger partial charge in [0.1, 0.15) is 0 Å². The van der Waals surface area contributed by atoms with Crippen LogP contribution in [0, 0.1) is 0 Å². The van der Waals surface area contributed by atoms with E-state index < -0.39 is 29.2 Å². The summed E-state index contributed by atoms with van der Waals surface area (Å²) < 4.78 is 48.6. The van der Waals surface area contributed by atoms with Crippen molar-refractivity contribution < 1.29 is 32.2 Å². The van der Waals surface area contributed by atoms with E-state index in [1.54, 1.807) is 37.3 Å². The molecule has 0 amide bonds. The Kier molecular flexibility index (Phi) is 4.73. The van der Waals surface area contributed by atoms with E-state index in [4.69, 9.17) is 9.47 Å². The molecule has 1 heterocycles. The van der Waals surface area contributed by atoms with Gasteiger partial charge in [0.2, 0.25) is 5.90 Å². The molecule has 0 radical (unpaired) electrons. The predicted octanol–water partition coefficient (Wildman–Crippen LogP) is 3.47. The van der Waals surface area contributed by atoms with Crippen molar-refractivity contribution in [2.45, 2.75) is 18.6 Å². The lowest BCUT2D eigenvalue weighted by Crippen LogP contribution is -2.41. The van der Waals surface area contributed by atoms with Crippen LogP contribution in [0.15, 0.2) is 59.6 Å². The standard InChI is InChI=1S/C19H14F3NO4/c1-2-26-16(24)18(13-8-10-14(11-9-13)19(20,21)22)17(25)27-15(23-18)12-6-4-3-5-7-12/h3-11H,2H2,1H3. The number of halogens is 3. The number of rotatable bonds is 4. The molecule has 1 aliphatic rings. The molecule has 0 saturated carbocycles. The molecule has 3 rings (SSSR count). The molecule has 0 aromatic heterocycles. The van der Waals surface area contributed by atoms with Crippen molar-refractivity contribution >= 4 is 17.8 Å². The molecule has 0 saturated heterocycles. The van der Waals surface area contributed by atoms with Crippen molar-refractivity contribution in [3.05, 3.63) is 71.3 Å². The summed E-state index contributed by atoms with van der Waals surface area (Å²) in [6.45, 7) is 1.51. The second-order valence-electron chi connectivity index (χ2n) is 5.68.